The van der Waals surface area contributed by atoms with Gasteiger partial charge >= 0.3 is 11.9 Å². The first-order chi connectivity index (χ1) is 13.4. The Morgan fingerprint density at radius 1 is 1.41 bits per heavy atom. The molecule has 164 valence electrons. The molecule has 4 atom stereocenters. The van der Waals surface area contributed by atoms with Crippen LogP contribution in [0.15, 0.2) is 12.7 Å². The quantitative estimate of drug-likeness (QED) is 0.196. The fraction of sp³-hybridized carbons (Fsp3) is 0.750. The first-order valence-electron chi connectivity index (χ1n) is 10.0. The Balaban J connectivity index is 2.17. The van der Waals surface area contributed by atoms with Crippen molar-refractivity contribution in [3.63, 3.8) is 0 Å². The number of rotatable bonds is 7. The number of carbonyl (C=O) groups is 3. The summed E-state index contributed by atoms with van der Waals surface area (Å²) in [7, 11) is -2.10. The number of nitrogens with zero attached hydrogens (tertiary/aromatic N) is 1. The van der Waals surface area contributed by atoms with Gasteiger partial charge in [0.2, 0.25) is 5.91 Å². The summed E-state index contributed by atoms with van der Waals surface area (Å²) in [5.74, 6) is -2.89. The standard InChI is InChI=1S/C20H33NO6SSi/c1-8-11-26-19(24)17(23)21-16(22)15(18(21)28-14-10-9-12-25-14)13(2)27-29(6,7)20(3,4)5/h8,13-15,18H,1,9-12H2,2-7H3/t13-,14-,15+,18-/m1/s1. The summed E-state index contributed by atoms with van der Waals surface area (Å²) in [6.45, 7) is 16.6. The molecule has 2 fully saturated rings. The molecule has 0 aromatic heterocycles. The molecule has 0 unspecified atom stereocenters. The lowest BCUT2D eigenvalue weighted by atomic mass is 9.92. The number of imide groups is 1. The predicted molar refractivity (Wildman–Crippen MR) is 115 cm³/mol. The molecule has 2 heterocycles. The van der Waals surface area contributed by atoms with Crippen LogP contribution in [0.2, 0.25) is 18.1 Å². The molecule has 0 aromatic rings. The molecule has 0 radical (unpaired) electrons. The molecule has 2 saturated heterocycles. The fourth-order valence-electron chi connectivity index (χ4n) is 3.10. The van der Waals surface area contributed by atoms with Crippen molar-refractivity contribution in [1.29, 1.82) is 0 Å². The molecule has 2 rings (SSSR count). The number of hydrogen-bond donors (Lipinski definition) is 0. The molecule has 9 heteroatoms. The molecular weight excluding hydrogens is 410 g/mol. The van der Waals surface area contributed by atoms with Crippen LogP contribution < -0.4 is 0 Å². The monoisotopic (exact) mass is 443 g/mol. The summed E-state index contributed by atoms with van der Waals surface area (Å²) in [6, 6.07) is 0. The minimum absolute atomic E-state index is 0.00470. The zero-order chi connectivity index (χ0) is 22.0. The number of likely N-dealkylation sites (tertiary alicyclic amines) is 1. The predicted octanol–water partition coefficient (Wildman–Crippen LogP) is 3.31. The maximum Gasteiger partial charge on any atom is 0.397 e. The van der Waals surface area contributed by atoms with Gasteiger partial charge in [0.1, 0.15) is 17.4 Å². The van der Waals surface area contributed by atoms with E-state index in [0.717, 1.165) is 17.7 Å². The number of ether oxygens (including phenoxy) is 2. The van der Waals surface area contributed by atoms with Crippen LogP contribution in [0, 0.1) is 5.92 Å². The zero-order valence-corrected chi connectivity index (χ0v) is 20.0. The third kappa shape index (κ3) is 5.31. The highest BCUT2D eigenvalue weighted by Crippen LogP contribution is 2.45. The van der Waals surface area contributed by atoms with E-state index in [4.69, 9.17) is 13.9 Å². The number of esters is 1. The first kappa shape index (κ1) is 24.1. The second kappa shape index (κ2) is 9.32. The molecule has 2 aliphatic heterocycles. The van der Waals surface area contributed by atoms with Crippen molar-refractivity contribution in [2.45, 2.75) is 75.6 Å². The van der Waals surface area contributed by atoms with Crippen molar-refractivity contribution in [2.75, 3.05) is 13.2 Å². The largest absolute Gasteiger partial charge is 0.454 e. The van der Waals surface area contributed by atoms with Crippen LogP contribution in [-0.2, 0) is 28.3 Å². The first-order valence-corrected chi connectivity index (χ1v) is 13.9. The fourth-order valence-corrected chi connectivity index (χ4v) is 6.15. The lowest BCUT2D eigenvalue weighted by Gasteiger charge is -2.49. The van der Waals surface area contributed by atoms with Gasteiger partial charge in [-0.25, -0.2) is 4.79 Å². The van der Waals surface area contributed by atoms with E-state index in [2.05, 4.69) is 40.4 Å². The molecule has 2 amide bonds. The summed E-state index contributed by atoms with van der Waals surface area (Å²) in [4.78, 5) is 38.5. The Bertz CT molecular complexity index is 656. The van der Waals surface area contributed by atoms with Gasteiger partial charge in [-0.15, -0.1) is 11.8 Å². The van der Waals surface area contributed by atoms with Crippen molar-refractivity contribution in [2.24, 2.45) is 5.92 Å². The summed E-state index contributed by atoms with van der Waals surface area (Å²) in [5, 5.41) is -0.510. The maximum atomic E-state index is 12.9. The van der Waals surface area contributed by atoms with E-state index in [9.17, 15) is 14.4 Å². The molecule has 29 heavy (non-hydrogen) atoms. The smallest absolute Gasteiger partial charge is 0.397 e. The number of hydrogen-bond acceptors (Lipinski definition) is 7. The van der Waals surface area contributed by atoms with Gasteiger partial charge in [0.25, 0.3) is 0 Å². The third-order valence-electron chi connectivity index (χ3n) is 5.78. The molecule has 0 aliphatic carbocycles. The summed E-state index contributed by atoms with van der Waals surface area (Å²) < 4.78 is 16.9. The molecule has 0 spiro atoms. The van der Waals surface area contributed by atoms with Gasteiger partial charge in [-0.1, -0.05) is 33.4 Å². The molecule has 7 nitrogen and oxygen atoms in total. The zero-order valence-electron chi connectivity index (χ0n) is 18.2. The maximum absolute atomic E-state index is 12.9. The van der Waals surface area contributed by atoms with E-state index >= 15 is 0 Å². The highest BCUT2D eigenvalue weighted by Gasteiger charge is 2.57. The average Bonchev–Trinajstić information content (AvgIpc) is 3.10. The molecule has 0 N–H and O–H groups in total. The van der Waals surface area contributed by atoms with Crippen molar-refractivity contribution < 1.29 is 28.3 Å². The van der Waals surface area contributed by atoms with Crippen LogP contribution in [0.25, 0.3) is 0 Å². The minimum Gasteiger partial charge on any atom is -0.454 e. The molecule has 0 bridgehead atoms. The Morgan fingerprint density at radius 2 is 2.07 bits per heavy atom. The van der Waals surface area contributed by atoms with Gasteiger partial charge in [-0.05, 0) is 37.9 Å². The second-order valence-corrected chi connectivity index (χ2v) is 15.0. The summed E-state index contributed by atoms with van der Waals surface area (Å²) in [5.41, 5.74) is -0.102. The van der Waals surface area contributed by atoms with Crippen molar-refractivity contribution >= 4 is 37.9 Å². The molecular formula is C20H33NO6SSi. The second-order valence-electron chi connectivity index (χ2n) is 8.98. The lowest BCUT2D eigenvalue weighted by molar-refractivity contribution is -0.174. The van der Waals surface area contributed by atoms with Crippen LogP contribution >= 0.6 is 11.8 Å². The van der Waals surface area contributed by atoms with Crippen LogP contribution in [0.1, 0.15) is 40.5 Å². The van der Waals surface area contributed by atoms with E-state index in [1.54, 1.807) is 0 Å². The Hall–Kier alpha value is -1.16. The van der Waals surface area contributed by atoms with Gasteiger partial charge in [0.05, 0.1) is 12.0 Å². The number of amides is 2. The van der Waals surface area contributed by atoms with Gasteiger partial charge in [0.15, 0.2) is 8.32 Å². The third-order valence-corrected chi connectivity index (χ3v) is 11.8. The minimum atomic E-state index is -2.10. The average molecular weight is 444 g/mol. The van der Waals surface area contributed by atoms with E-state index in [0.29, 0.717) is 6.61 Å². The van der Waals surface area contributed by atoms with Crippen LogP contribution in [-0.4, -0.2) is 61.1 Å². The van der Waals surface area contributed by atoms with Crippen LogP contribution in [0.3, 0.4) is 0 Å². The van der Waals surface area contributed by atoms with Crippen LogP contribution in [0.4, 0.5) is 0 Å². The Labute approximate surface area is 178 Å². The number of thioether (sulfide) groups is 1. The highest BCUT2D eigenvalue weighted by molar-refractivity contribution is 8.00. The summed E-state index contributed by atoms with van der Waals surface area (Å²) >= 11 is 1.41. The van der Waals surface area contributed by atoms with E-state index in [-0.39, 0.29) is 23.2 Å². The molecule has 0 saturated carbocycles. The highest BCUT2D eigenvalue weighted by atomic mass is 32.2. The van der Waals surface area contributed by atoms with E-state index < -0.39 is 37.4 Å². The van der Waals surface area contributed by atoms with E-state index in [1.165, 1.54) is 17.8 Å². The van der Waals surface area contributed by atoms with Gasteiger partial charge in [0, 0.05) is 6.61 Å². The van der Waals surface area contributed by atoms with Crippen LogP contribution in [0.5, 0.6) is 0 Å². The SMILES string of the molecule is C=CCOC(=O)C(=O)N1C(=O)[C@H]([C@@H](C)O[Si](C)(C)C(C)(C)C)[C@H]1S[C@@H]1CCCO1. The normalized spacial score (nSPS) is 26.1. The Kier molecular flexibility index (Phi) is 7.75. The Morgan fingerprint density at radius 3 is 2.59 bits per heavy atom. The topological polar surface area (TPSA) is 82.1 Å². The van der Waals surface area contributed by atoms with Crippen molar-refractivity contribution in [1.82, 2.24) is 4.90 Å². The van der Waals surface area contributed by atoms with Gasteiger partial charge < -0.3 is 13.9 Å². The summed E-state index contributed by atoms with van der Waals surface area (Å²) in [6.07, 6.45) is 2.80. The van der Waals surface area contributed by atoms with Crippen molar-refractivity contribution in [3.05, 3.63) is 12.7 Å². The van der Waals surface area contributed by atoms with Gasteiger partial charge in [-0.3, -0.25) is 14.5 Å². The van der Waals surface area contributed by atoms with Crippen molar-refractivity contribution in [3.8, 4) is 0 Å². The lowest BCUT2D eigenvalue weighted by Crippen LogP contribution is -2.67. The van der Waals surface area contributed by atoms with Gasteiger partial charge in [-0.2, -0.15) is 0 Å². The molecule has 2 aliphatic rings. The number of carbonyl (C=O) groups excluding carboxylic acids is 3. The number of β-lactam (4-membered cyclic amide) rings is 1. The van der Waals surface area contributed by atoms with E-state index in [1.807, 2.05) is 6.92 Å². The molecule has 0 aromatic carbocycles.